The lowest BCUT2D eigenvalue weighted by atomic mass is 10.1. The van der Waals surface area contributed by atoms with Crippen molar-refractivity contribution in [3.63, 3.8) is 0 Å². The van der Waals surface area contributed by atoms with Crippen LogP contribution in [0, 0.1) is 0 Å². The van der Waals surface area contributed by atoms with E-state index < -0.39 is 6.10 Å². The molecule has 3 heterocycles. The zero-order valence-corrected chi connectivity index (χ0v) is 10.8. The van der Waals surface area contributed by atoms with Crippen LogP contribution in [0.5, 0.6) is 0 Å². The van der Waals surface area contributed by atoms with Crippen LogP contribution in [0.1, 0.15) is 28.1 Å². The van der Waals surface area contributed by atoms with E-state index in [-0.39, 0.29) is 0 Å². The van der Waals surface area contributed by atoms with E-state index in [9.17, 15) is 5.11 Å². The van der Waals surface area contributed by atoms with Crippen LogP contribution in [0.4, 0.5) is 0 Å². The molecule has 0 fully saturated rings. The van der Waals surface area contributed by atoms with E-state index in [1.807, 2.05) is 12.1 Å². The molecular formula is C13H12N4OS. The lowest BCUT2D eigenvalue weighted by Crippen LogP contribution is -2.00. The monoisotopic (exact) mass is 272 g/mol. The molecule has 3 aromatic rings. The highest BCUT2D eigenvalue weighted by atomic mass is 32.1. The molecular weight excluding hydrogens is 260 g/mol. The Balaban J connectivity index is 1.76. The van der Waals surface area contributed by atoms with Crippen molar-refractivity contribution in [3.05, 3.63) is 64.4 Å². The van der Waals surface area contributed by atoms with Gasteiger partial charge in [0.1, 0.15) is 11.9 Å². The third-order valence-electron chi connectivity index (χ3n) is 2.77. The number of aliphatic hydroxyl groups is 1. The number of nitrogens with one attached hydrogen (secondary N) is 1. The molecule has 0 aromatic carbocycles. The summed E-state index contributed by atoms with van der Waals surface area (Å²) in [5.74, 6) is 0.549. The minimum absolute atomic E-state index is 0.549. The number of pyridine rings is 1. The second kappa shape index (κ2) is 5.29. The summed E-state index contributed by atoms with van der Waals surface area (Å²) in [5, 5.41) is 10.1. The summed E-state index contributed by atoms with van der Waals surface area (Å²) >= 11 is 1.41. The summed E-state index contributed by atoms with van der Waals surface area (Å²) in [4.78, 5) is 16.1. The predicted molar refractivity (Wildman–Crippen MR) is 71.8 cm³/mol. The number of H-pyrrole nitrogens is 1. The van der Waals surface area contributed by atoms with Crippen LogP contribution in [0.2, 0.25) is 0 Å². The van der Waals surface area contributed by atoms with Gasteiger partial charge < -0.3 is 10.1 Å². The number of hydrogen-bond donors (Lipinski definition) is 2. The number of hydrogen-bond acceptors (Lipinski definition) is 5. The average Bonchev–Trinajstić information content (AvgIpc) is 3.10. The third kappa shape index (κ3) is 2.69. The van der Waals surface area contributed by atoms with E-state index in [0.717, 1.165) is 22.6 Å². The summed E-state index contributed by atoms with van der Waals surface area (Å²) in [6.07, 6.45) is 6.93. The molecule has 96 valence electrons. The standard InChI is InChI=1S/C13H12N4OS/c18-12(11-7-15-8-19-11)13-16-6-10(17-13)5-9-1-3-14-4-2-9/h1-4,6-8,12,18H,5H2,(H,16,17)/t12-/m1/s1. The molecule has 0 aliphatic carbocycles. The maximum Gasteiger partial charge on any atom is 0.147 e. The van der Waals surface area contributed by atoms with Crippen LogP contribution in [-0.2, 0) is 6.42 Å². The van der Waals surface area contributed by atoms with Gasteiger partial charge in [0.2, 0.25) is 0 Å². The second-order valence-corrected chi connectivity index (χ2v) is 5.05. The van der Waals surface area contributed by atoms with Crippen LogP contribution in [-0.4, -0.2) is 25.0 Å². The fourth-order valence-electron chi connectivity index (χ4n) is 1.82. The smallest absolute Gasteiger partial charge is 0.147 e. The molecule has 0 saturated carbocycles. The molecule has 0 bridgehead atoms. The van der Waals surface area contributed by atoms with E-state index >= 15 is 0 Å². The van der Waals surface area contributed by atoms with Crippen LogP contribution >= 0.6 is 11.3 Å². The minimum Gasteiger partial charge on any atom is -0.379 e. The van der Waals surface area contributed by atoms with Crippen LogP contribution in [0.15, 0.2) is 42.4 Å². The van der Waals surface area contributed by atoms with Gasteiger partial charge in [-0.2, -0.15) is 0 Å². The fraction of sp³-hybridized carbons (Fsp3) is 0.154. The fourth-order valence-corrected chi connectivity index (χ4v) is 2.43. The van der Waals surface area contributed by atoms with Crippen molar-refractivity contribution in [3.8, 4) is 0 Å². The molecule has 0 aliphatic rings. The van der Waals surface area contributed by atoms with Crippen molar-refractivity contribution < 1.29 is 5.11 Å². The highest BCUT2D eigenvalue weighted by Gasteiger charge is 2.15. The van der Waals surface area contributed by atoms with Gasteiger partial charge >= 0.3 is 0 Å². The van der Waals surface area contributed by atoms with E-state index in [4.69, 9.17) is 0 Å². The number of aromatic amines is 1. The molecule has 0 aliphatic heterocycles. The first-order valence-electron chi connectivity index (χ1n) is 5.82. The van der Waals surface area contributed by atoms with Crippen molar-refractivity contribution in [1.82, 2.24) is 19.9 Å². The first kappa shape index (κ1) is 12.0. The molecule has 0 radical (unpaired) electrons. The Morgan fingerprint density at radius 1 is 1.21 bits per heavy atom. The number of aliphatic hydroxyl groups excluding tert-OH is 1. The van der Waals surface area contributed by atoms with Gasteiger partial charge in [-0.1, -0.05) is 0 Å². The molecule has 0 spiro atoms. The maximum atomic E-state index is 10.1. The van der Waals surface area contributed by atoms with Gasteiger partial charge in [-0.25, -0.2) is 4.98 Å². The molecule has 3 rings (SSSR count). The molecule has 6 heteroatoms. The average molecular weight is 272 g/mol. The van der Waals surface area contributed by atoms with Crippen molar-refractivity contribution in [2.45, 2.75) is 12.5 Å². The highest BCUT2D eigenvalue weighted by molar-refractivity contribution is 7.09. The largest absolute Gasteiger partial charge is 0.379 e. The Morgan fingerprint density at radius 3 is 2.79 bits per heavy atom. The highest BCUT2D eigenvalue weighted by Crippen LogP contribution is 2.22. The summed E-state index contributed by atoms with van der Waals surface area (Å²) in [5.41, 5.74) is 3.81. The third-order valence-corrected chi connectivity index (χ3v) is 3.60. The zero-order chi connectivity index (χ0) is 13.1. The Labute approximate surface area is 114 Å². The van der Waals surface area contributed by atoms with E-state index in [1.54, 1.807) is 30.3 Å². The van der Waals surface area contributed by atoms with E-state index in [2.05, 4.69) is 19.9 Å². The van der Waals surface area contributed by atoms with Crippen LogP contribution in [0.25, 0.3) is 0 Å². The van der Waals surface area contributed by atoms with Crippen LogP contribution in [0.3, 0.4) is 0 Å². The molecule has 2 N–H and O–H groups in total. The number of thiazole rings is 1. The maximum absolute atomic E-state index is 10.1. The summed E-state index contributed by atoms with van der Waals surface area (Å²) in [6.45, 7) is 0. The van der Waals surface area contributed by atoms with Gasteiger partial charge in [-0.05, 0) is 17.7 Å². The minimum atomic E-state index is -0.737. The van der Waals surface area contributed by atoms with E-state index in [0.29, 0.717) is 5.82 Å². The lowest BCUT2D eigenvalue weighted by Gasteiger charge is -2.03. The topological polar surface area (TPSA) is 74.7 Å². The van der Waals surface area contributed by atoms with Gasteiger partial charge in [0.15, 0.2) is 0 Å². The molecule has 5 nitrogen and oxygen atoms in total. The lowest BCUT2D eigenvalue weighted by molar-refractivity contribution is 0.214. The first-order chi connectivity index (χ1) is 9.33. The summed E-state index contributed by atoms with van der Waals surface area (Å²) in [6, 6.07) is 3.92. The van der Waals surface area contributed by atoms with Gasteiger partial charge in [0.05, 0.1) is 10.4 Å². The Morgan fingerprint density at radius 2 is 2.05 bits per heavy atom. The summed E-state index contributed by atoms with van der Waals surface area (Å²) < 4.78 is 0. The van der Waals surface area contributed by atoms with Gasteiger partial charge in [0.25, 0.3) is 0 Å². The molecule has 3 aromatic heterocycles. The van der Waals surface area contributed by atoms with Crippen molar-refractivity contribution in [2.75, 3.05) is 0 Å². The summed E-state index contributed by atoms with van der Waals surface area (Å²) in [7, 11) is 0. The zero-order valence-electron chi connectivity index (χ0n) is 10.0. The SMILES string of the molecule is O[C@@H](c1ncc(Cc2ccncc2)[nH]1)c1cncs1. The molecule has 0 unspecified atom stereocenters. The molecule has 0 amide bonds. The quantitative estimate of drug-likeness (QED) is 0.761. The van der Waals surface area contributed by atoms with Crippen molar-refractivity contribution in [1.29, 1.82) is 0 Å². The number of nitrogens with zero attached hydrogens (tertiary/aromatic N) is 3. The van der Waals surface area contributed by atoms with Crippen LogP contribution < -0.4 is 0 Å². The molecule has 1 atom stereocenters. The van der Waals surface area contributed by atoms with Gasteiger partial charge in [-0.15, -0.1) is 11.3 Å². The first-order valence-corrected chi connectivity index (χ1v) is 6.70. The Hall–Kier alpha value is -2.05. The number of imidazole rings is 1. The van der Waals surface area contributed by atoms with E-state index in [1.165, 1.54) is 11.3 Å². The number of aromatic nitrogens is 4. The normalized spacial score (nSPS) is 12.5. The van der Waals surface area contributed by atoms with Gasteiger partial charge in [0, 0.05) is 36.9 Å². The van der Waals surface area contributed by atoms with Crippen molar-refractivity contribution >= 4 is 11.3 Å². The number of rotatable bonds is 4. The Bertz CT molecular complexity index is 636. The second-order valence-electron chi connectivity index (χ2n) is 4.13. The molecule has 19 heavy (non-hydrogen) atoms. The van der Waals surface area contributed by atoms with Gasteiger partial charge in [-0.3, -0.25) is 9.97 Å². The predicted octanol–water partition coefficient (Wildman–Crippen LogP) is 1.93. The molecule has 0 saturated heterocycles. The Kier molecular flexibility index (Phi) is 3.35. The van der Waals surface area contributed by atoms with Crippen molar-refractivity contribution in [2.24, 2.45) is 0 Å².